The van der Waals surface area contributed by atoms with Crippen molar-refractivity contribution in [3.8, 4) is 34.5 Å². The lowest BCUT2D eigenvalue weighted by atomic mass is 9.96. The summed E-state index contributed by atoms with van der Waals surface area (Å²) in [6.45, 7) is 1.73. The van der Waals surface area contributed by atoms with E-state index in [4.69, 9.17) is 9.47 Å². The highest BCUT2D eigenvalue weighted by Crippen LogP contribution is 2.38. The lowest BCUT2D eigenvalue weighted by Gasteiger charge is -2.17. The molecule has 0 aromatic heterocycles. The van der Waals surface area contributed by atoms with Crippen molar-refractivity contribution in [2.45, 2.75) is 44.6 Å². The number of halogens is 3. The van der Waals surface area contributed by atoms with Crippen molar-refractivity contribution in [2.24, 2.45) is 0 Å². The standard InChI is InChI=1S/C29H25F3O4/c1-3-5-20(18-28(33)34-2)19-8-12-24(13-9-19)35-27-15-11-23-16-22(10-14-26(23)27)21-6-4-7-25(17-21)36-29(30,31)32/h4,6-10,12-14,16-17,20,27H,11,15,18H2,1-2H3/t20-,27?/m1/s1. The number of fused-ring (bicyclic) bond motifs is 1. The molecule has 1 aliphatic rings. The number of carbonyl (C=O) groups is 1. The molecule has 1 aliphatic carbocycles. The van der Waals surface area contributed by atoms with Gasteiger partial charge in [0.05, 0.1) is 19.4 Å². The molecule has 0 N–H and O–H groups in total. The van der Waals surface area contributed by atoms with E-state index in [0.29, 0.717) is 11.3 Å². The molecule has 186 valence electrons. The van der Waals surface area contributed by atoms with E-state index in [1.165, 1.54) is 19.2 Å². The van der Waals surface area contributed by atoms with Crippen LogP contribution < -0.4 is 9.47 Å². The summed E-state index contributed by atoms with van der Waals surface area (Å²) in [4.78, 5) is 11.7. The second kappa shape index (κ2) is 10.8. The molecule has 36 heavy (non-hydrogen) atoms. The van der Waals surface area contributed by atoms with E-state index in [1.54, 1.807) is 19.1 Å². The molecule has 0 fully saturated rings. The van der Waals surface area contributed by atoms with Crippen LogP contribution in [-0.2, 0) is 16.0 Å². The first-order valence-electron chi connectivity index (χ1n) is 11.5. The Morgan fingerprint density at radius 3 is 2.47 bits per heavy atom. The first kappa shape index (κ1) is 25.2. The monoisotopic (exact) mass is 494 g/mol. The van der Waals surface area contributed by atoms with Gasteiger partial charge in [-0.25, -0.2) is 0 Å². The minimum atomic E-state index is -4.73. The van der Waals surface area contributed by atoms with Crippen molar-refractivity contribution in [3.63, 3.8) is 0 Å². The quantitative estimate of drug-likeness (QED) is 0.262. The van der Waals surface area contributed by atoms with Crippen LogP contribution >= 0.6 is 0 Å². The Labute approximate surface area is 208 Å². The van der Waals surface area contributed by atoms with E-state index in [0.717, 1.165) is 35.1 Å². The van der Waals surface area contributed by atoms with Crippen LogP contribution in [0.2, 0.25) is 0 Å². The van der Waals surface area contributed by atoms with Crippen LogP contribution in [0.1, 0.15) is 48.5 Å². The minimum absolute atomic E-state index is 0.124. The van der Waals surface area contributed by atoms with Gasteiger partial charge in [0.25, 0.3) is 0 Å². The van der Waals surface area contributed by atoms with Crippen LogP contribution in [0.3, 0.4) is 0 Å². The van der Waals surface area contributed by atoms with Gasteiger partial charge in [0.2, 0.25) is 0 Å². The van der Waals surface area contributed by atoms with Crippen molar-refractivity contribution in [1.82, 2.24) is 0 Å². The van der Waals surface area contributed by atoms with Crippen molar-refractivity contribution in [3.05, 3.63) is 83.4 Å². The van der Waals surface area contributed by atoms with Gasteiger partial charge >= 0.3 is 12.3 Å². The van der Waals surface area contributed by atoms with Gasteiger partial charge in [-0.15, -0.1) is 19.1 Å². The second-order valence-corrected chi connectivity index (χ2v) is 8.43. The van der Waals surface area contributed by atoms with Gasteiger partial charge in [-0.1, -0.05) is 48.4 Å². The summed E-state index contributed by atoms with van der Waals surface area (Å²) < 4.78 is 52.8. The van der Waals surface area contributed by atoms with E-state index < -0.39 is 6.36 Å². The molecule has 0 saturated carbocycles. The maximum atomic E-state index is 12.6. The third-order valence-corrected chi connectivity index (χ3v) is 6.04. The van der Waals surface area contributed by atoms with Crippen molar-refractivity contribution in [2.75, 3.05) is 7.11 Å². The van der Waals surface area contributed by atoms with Crippen LogP contribution in [0.25, 0.3) is 11.1 Å². The van der Waals surface area contributed by atoms with Crippen molar-refractivity contribution in [1.29, 1.82) is 0 Å². The molecule has 2 atom stereocenters. The largest absolute Gasteiger partial charge is 0.573 e. The third-order valence-electron chi connectivity index (χ3n) is 6.04. The maximum absolute atomic E-state index is 12.6. The molecule has 0 amide bonds. The van der Waals surface area contributed by atoms with Gasteiger partial charge in [0.1, 0.15) is 17.6 Å². The molecule has 0 aliphatic heterocycles. The number of esters is 1. The molecule has 4 rings (SSSR count). The highest BCUT2D eigenvalue weighted by Gasteiger charge is 2.31. The molecule has 0 heterocycles. The SMILES string of the molecule is CC#C[C@H](CC(=O)OC)c1ccc(OC2CCc3cc(-c4cccc(OC(F)(F)F)c4)ccc32)cc1. The minimum Gasteiger partial charge on any atom is -0.486 e. The topological polar surface area (TPSA) is 44.8 Å². The molecular formula is C29H25F3O4. The predicted molar refractivity (Wildman–Crippen MR) is 130 cm³/mol. The lowest BCUT2D eigenvalue weighted by Crippen LogP contribution is -2.17. The smallest absolute Gasteiger partial charge is 0.486 e. The summed E-state index contributed by atoms with van der Waals surface area (Å²) in [5.41, 5.74) is 4.55. The fourth-order valence-corrected chi connectivity index (χ4v) is 4.37. The summed E-state index contributed by atoms with van der Waals surface area (Å²) in [5, 5.41) is 0. The van der Waals surface area contributed by atoms with E-state index >= 15 is 0 Å². The first-order valence-corrected chi connectivity index (χ1v) is 11.5. The number of hydrogen-bond acceptors (Lipinski definition) is 4. The maximum Gasteiger partial charge on any atom is 0.573 e. The fraction of sp³-hybridized carbons (Fsp3) is 0.276. The Balaban J connectivity index is 1.47. The number of aryl methyl sites for hydroxylation is 1. The molecule has 3 aromatic rings. The molecule has 0 spiro atoms. The van der Waals surface area contributed by atoms with Crippen LogP contribution in [0.15, 0.2) is 66.7 Å². The number of carbonyl (C=O) groups excluding carboxylic acids is 1. The average molecular weight is 495 g/mol. The third kappa shape index (κ3) is 6.19. The zero-order valence-corrected chi connectivity index (χ0v) is 19.9. The number of alkyl halides is 3. The van der Waals surface area contributed by atoms with Gasteiger partial charge < -0.3 is 14.2 Å². The van der Waals surface area contributed by atoms with Crippen molar-refractivity contribution >= 4 is 5.97 Å². The normalized spacial score (nSPS) is 15.3. The predicted octanol–water partition coefficient (Wildman–Crippen LogP) is 6.99. The van der Waals surface area contributed by atoms with E-state index in [1.807, 2.05) is 42.5 Å². The highest BCUT2D eigenvalue weighted by atomic mass is 19.4. The first-order chi connectivity index (χ1) is 17.3. The Bertz CT molecular complexity index is 1290. The fourth-order valence-electron chi connectivity index (χ4n) is 4.37. The molecule has 7 heteroatoms. The number of hydrogen-bond donors (Lipinski definition) is 0. The molecule has 1 unspecified atom stereocenters. The van der Waals surface area contributed by atoms with Crippen molar-refractivity contribution < 1.29 is 32.2 Å². The second-order valence-electron chi connectivity index (χ2n) is 8.43. The zero-order chi connectivity index (χ0) is 25.7. The zero-order valence-electron chi connectivity index (χ0n) is 19.9. The van der Waals surface area contributed by atoms with Crippen LogP contribution in [0.5, 0.6) is 11.5 Å². The summed E-state index contributed by atoms with van der Waals surface area (Å²) in [7, 11) is 1.36. The Morgan fingerprint density at radius 2 is 1.78 bits per heavy atom. The Kier molecular flexibility index (Phi) is 7.54. The van der Waals surface area contributed by atoms with Gasteiger partial charge in [0.15, 0.2) is 0 Å². The van der Waals surface area contributed by atoms with Crippen LogP contribution in [0.4, 0.5) is 13.2 Å². The molecule has 0 bridgehead atoms. The molecular weight excluding hydrogens is 469 g/mol. The lowest BCUT2D eigenvalue weighted by molar-refractivity contribution is -0.274. The van der Waals surface area contributed by atoms with Crippen LogP contribution in [0, 0.1) is 11.8 Å². The molecule has 0 saturated heterocycles. The van der Waals surface area contributed by atoms with Gasteiger partial charge in [-0.2, -0.15) is 0 Å². The Morgan fingerprint density at radius 1 is 1.03 bits per heavy atom. The highest BCUT2D eigenvalue weighted by molar-refractivity contribution is 5.71. The van der Waals surface area contributed by atoms with Gasteiger partial charge in [-0.3, -0.25) is 4.79 Å². The summed E-state index contributed by atoms with van der Waals surface area (Å²) >= 11 is 0. The molecule has 3 aromatic carbocycles. The van der Waals surface area contributed by atoms with Gasteiger partial charge in [-0.05, 0) is 71.8 Å². The number of benzene rings is 3. The van der Waals surface area contributed by atoms with E-state index in [-0.39, 0.29) is 30.2 Å². The number of rotatable bonds is 7. The molecule has 0 radical (unpaired) electrons. The summed E-state index contributed by atoms with van der Waals surface area (Å²) in [5.74, 6) is 5.81. The molecule has 4 nitrogen and oxygen atoms in total. The number of ether oxygens (including phenoxy) is 3. The van der Waals surface area contributed by atoms with Gasteiger partial charge in [0, 0.05) is 0 Å². The Hall–Kier alpha value is -3.92. The van der Waals surface area contributed by atoms with Crippen LogP contribution in [-0.4, -0.2) is 19.4 Å². The number of methoxy groups -OCH3 is 1. The van der Waals surface area contributed by atoms with E-state index in [9.17, 15) is 18.0 Å². The average Bonchev–Trinajstić information content (AvgIpc) is 3.25. The summed E-state index contributed by atoms with van der Waals surface area (Å²) in [6.07, 6.45) is -3.07. The van der Waals surface area contributed by atoms with E-state index in [2.05, 4.69) is 16.6 Å². The summed E-state index contributed by atoms with van der Waals surface area (Å²) in [6, 6.07) is 19.4.